The van der Waals surface area contributed by atoms with Gasteiger partial charge in [-0.15, -0.1) is 13.2 Å². The Balaban J connectivity index is 1.39. The Morgan fingerprint density at radius 2 is 1.80 bits per heavy atom. The zero-order valence-corrected chi connectivity index (χ0v) is 24.0. The van der Waals surface area contributed by atoms with Crippen LogP contribution in [-0.4, -0.2) is 17.8 Å². The average molecular weight is 567 g/mol. The summed E-state index contributed by atoms with van der Waals surface area (Å²) in [5, 5.41) is 15.5. The number of nitro groups is 1. The van der Waals surface area contributed by atoms with Crippen LogP contribution in [0, 0.1) is 21.4 Å². The molecule has 0 bridgehead atoms. The quantitative estimate of drug-likeness (QED) is 0.229. The third-order valence-electron chi connectivity index (χ3n) is 9.45. The number of alkyl halides is 3. The summed E-state index contributed by atoms with van der Waals surface area (Å²) in [6, 6.07) is 17.2. The monoisotopic (exact) mass is 566 g/mol. The zero-order chi connectivity index (χ0) is 29.6. The summed E-state index contributed by atoms with van der Waals surface area (Å²) in [5.41, 5.74) is 5.43. The second-order valence-electron chi connectivity index (χ2n) is 12.5. The molecule has 5 rings (SSSR count). The highest BCUT2D eigenvalue weighted by atomic mass is 19.4. The van der Waals surface area contributed by atoms with Crippen LogP contribution in [0.3, 0.4) is 0 Å². The molecule has 0 aliphatic heterocycles. The van der Waals surface area contributed by atoms with Crippen molar-refractivity contribution in [2.24, 2.45) is 11.3 Å². The highest BCUT2D eigenvalue weighted by Gasteiger charge is 2.51. The van der Waals surface area contributed by atoms with Gasteiger partial charge in [0.1, 0.15) is 11.4 Å². The molecule has 218 valence electrons. The predicted octanol–water partition coefficient (Wildman–Crippen LogP) is 9.41. The minimum atomic E-state index is -4.82. The first kappa shape index (κ1) is 29.0. The maximum atomic E-state index is 12.7. The van der Waals surface area contributed by atoms with E-state index in [0.29, 0.717) is 35.2 Å². The molecular weight excluding hydrogens is 529 g/mol. The van der Waals surface area contributed by atoms with Crippen LogP contribution in [0.5, 0.6) is 5.75 Å². The molecule has 3 atom stereocenters. The summed E-state index contributed by atoms with van der Waals surface area (Å²) in [7, 11) is 0. The smallest absolute Gasteiger partial charge is 0.406 e. The summed E-state index contributed by atoms with van der Waals surface area (Å²) in [4.78, 5) is 11.6. The Labute approximate surface area is 239 Å². The molecule has 1 saturated carbocycles. The van der Waals surface area contributed by atoms with Crippen LogP contribution in [-0.2, 0) is 11.8 Å². The molecule has 3 aromatic rings. The van der Waals surface area contributed by atoms with E-state index in [9.17, 15) is 23.3 Å². The van der Waals surface area contributed by atoms with Crippen LogP contribution < -0.4 is 10.1 Å². The molecule has 0 heterocycles. The topological polar surface area (TPSA) is 64.4 Å². The molecule has 8 heteroatoms. The third kappa shape index (κ3) is 5.79. The van der Waals surface area contributed by atoms with Crippen LogP contribution in [0.15, 0.2) is 60.7 Å². The summed E-state index contributed by atoms with van der Waals surface area (Å²) >= 11 is 0. The van der Waals surface area contributed by atoms with Crippen molar-refractivity contribution >= 4 is 11.4 Å². The number of nitrogens with zero attached hydrogens (tertiary/aromatic N) is 1. The molecule has 1 fully saturated rings. The average Bonchev–Trinajstić information content (AvgIpc) is 2.90. The first-order valence-corrected chi connectivity index (χ1v) is 14.3. The number of aryl methyl sites for hydroxylation is 1. The number of nitrogens with one attached hydrogen (secondary N) is 1. The SMILES string of the molecule is CC(C)c1ccc2c(c1)CC[C@H]1[C@@](C)(CNc3ccc(-c4cccc(OC(F)(F)F)c4)cc3[N+](=O)[O-])CCC[C@]21C. The molecule has 0 aromatic heterocycles. The van der Waals surface area contributed by atoms with Crippen molar-refractivity contribution < 1.29 is 22.8 Å². The van der Waals surface area contributed by atoms with Crippen molar-refractivity contribution in [3.05, 3.63) is 87.5 Å². The van der Waals surface area contributed by atoms with E-state index in [0.717, 1.165) is 32.1 Å². The predicted molar refractivity (Wildman–Crippen MR) is 155 cm³/mol. The Hall–Kier alpha value is -3.55. The first-order chi connectivity index (χ1) is 19.3. The molecule has 1 N–H and O–H groups in total. The van der Waals surface area contributed by atoms with Crippen LogP contribution in [0.4, 0.5) is 24.5 Å². The van der Waals surface area contributed by atoms with Gasteiger partial charge in [-0.2, -0.15) is 0 Å². The highest BCUT2D eigenvalue weighted by Crippen LogP contribution is 2.57. The Kier molecular flexibility index (Phi) is 7.55. The minimum Gasteiger partial charge on any atom is -0.406 e. The summed E-state index contributed by atoms with van der Waals surface area (Å²) in [6.45, 7) is 9.76. The van der Waals surface area contributed by atoms with Crippen molar-refractivity contribution in [1.82, 2.24) is 0 Å². The van der Waals surface area contributed by atoms with Gasteiger partial charge in [-0.05, 0) is 94.4 Å². The van der Waals surface area contributed by atoms with Crippen molar-refractivity contribution in [3.63, 3.8) is 0 Å². The lowest BCUT2D eigenvalue weighted by Crippen LogP contribution is -2.51. The molecular formula is C33H37F3N2O3. The fourth-order valence-corrected chi connectivity index (χ4v) is 7.40. The van der Waals surface area contributed by atoms with Crippen molar-refractivity contribution in [1.29, 1.82) is 0 Å². The number of ether oxygens (including phenoxy) is 1. The molecule has 41 heavy (non-hydrogen) atoms. The van der Waals surface area contributed by atoms with Gasteiger partial charge in [0.2, 0.25) is 0 Å². The lowest BCUT2D eigenvalue weighted by Gasteiger charge is -2.55. The second kappa shape index (κ2) is 10.7. The number of benzene rings is 3. The van der Waals surface area contributed by atoms with Gasteiger partial charge >= 0.3 is 6.36 Å². The summed E-state index contributed by atoms with van der Waals surface area (Å²) < 4.78 is 42.1. The van der Waals surface area contributed by atoms with Crippen LogP contribution >= 0.6 is 0 Å². The van der Waals surface area contributed by atoms with E-state index in [1.54, 1.807) is 18.2 Å². The van der Waals surface area contributed by atoms with E-state index in [1.807, 2.05) is 0 Å². The van der Waals surface area contributed by atoms with E-state index in [-0.39, 0.29) is 22.3 Å². The second-order valence-corrected chi connectivity index (χ2v) is 12.5. The maximum Gasteiger partial charge on any atom is 0.573 e. The van der Waals surface area contributed by atoms with E-state index >= 15 is 0 Å². The zero-order valence-electron chi connectivity index (χ0n) is 24.0. The van der Waals surface area contributed by atoms with Gasteiger partial charge in [-0.1, -0.05) is 70.5 Å². The van der Waals surface area contributed by atoms with Crippen LogP contribution in [0.1, 0.15) is 76.0 Å². The Bertz CT molecular complexity index is 1450. The van der Waals surface area contributed by atoms with Gasteiger partial charge in [0, 0.05) is 12.6 Å². The lowest BCUT2D eigenvalue weighted by atomic mass is 9.49. The molecule has 3 aromatic carbocycles. The molecule has 0 unspecified atom stereocenters. The normalized spacial score (nSPS) is 24.0. The van der Waals surface area contributed by atoms with Gasteiger partial charge in [0.15, 0.2) is 0 Å². The number of hydrogen-bond acceptors (Lipinski definition) is 4. The first-order valence-electron chi connectivity index (χ1n) is 14.3. The molecule has 0 spiro atoms. The van der Waals surface area contributed by atoms with Gasteiger partial charge < -0.3 is 10.1 Å². The number of rotatable bonds is 7. The van der Waals surface area contributed by atoms with Crippen molar-refractivity contribution in [2.45, 2.75) is 77.5 Å². The number of anilines is 1. The van der Waals surface area contributed by atoms with E-state index in [1.165, 1.54) is 41.0 Å². The molecule has 0 saturated heterocycles. The van der Waals surface area contributed by atoms with Crippen LogP contribution in [0.2, 0.25) is 0 Å². The summed E-state index contributed by atoms with van der Waals surface area (Å²) in [6.07, 6.45) is 0.568. The van der Waals surface area contributed by atoms with E-state index in [4.69, 9.17) is 0 Å². The molecule has 5 nitrogen and oxygen atoms in total. The highest BCUT2D eigenvalue weighted by molar-refractivity contribution is 5.74. The van der Waals surface area contributed by atoms with Gasteiger partial charge in [-0.3, -0.25) is 10.1 Å². The molecule has 0 radical (unpaired) electrons. The van der Waals surface area contributed by atoms with E-state index in [2.05, 4.69) is 55.9 Å². The van der Waals surface area contributed by atoms with Crippen LogP contribution in [0.25, 0.3) is 11.1 Å². The maximum absolute atomic E-state index is 12.7. The Morgan fingerprint density at radius 1 is 1.05 bits per heavy atom. The minimum absolute atomic E-state index is 0.0526. The fraction of sp³-hybridized carbons (Fsp3) is 0.455. The number of hydrogen-bond donors (Lipinski definition) is 1. The molecule has 2 aliphatic carbocycles. The summed E-state index contributed by atoms with van der Waals surface area (Å²) in [5.74, 6) is 0.553. The van der Waals surface area contributed by atoms with Crippen molar-refractivity contribution in [3.8, 4) is 16.9 Å². The molecule has 0 amide bonds. The van der Waals surface area contributed by atoms with Crippen molar-refractivity contribution in [2.75, 3.05) is 11.9 Å². The number of halogens is 3. The largest absolute Gasteiger partial charge is 0.573 e. The van der Waals surface area contributed by atoms with Gasteiger partial charge in [-0.25, -0.2) is 0 Å². The molecule has 2 aliphatic rings. The third-order valence-corrected chi connectivity index (χ3v) is 9.45. The van der Waals surface area contributed by atoms with Gasteiger partial charge in [0.25, 0.3) is 5.69 Å². The number of fused-ring (bicyclic) bond motifs is 3. The standard InChI is InChI=1S/C33H37F3N2O3/c1-21(2)22-9-12-27-25(17-22)11-14-30-31(3,15-6-16-32(27,30)4)20-37-28-13-10-24(19-29(28)38(39)40)23-7-5-8-26(18-23)41-33(34,35)36/h5,7-10,12-13,17-19,21,30,37H,6,11,14-16,20H2,1-4H3/t30-,31+,32+/m0/s1. The lowest BCUT2D eigenvalue weighted by molar-refractivity contribution is -0.383. The number of nitro benzene ring substituents is 1. The van der Waals surface area contributed by atoms with Gasteiger partial charge in [0.05, 0.1) is 4.92 Å². The fourth-order valence-electron chi connectivity index (χ4n) is 7.40. The Morgan fingerprint density at radius 3 is 2.51 bits per heavy atom. The van der Waals surface area contributed by atoms with E-state index < -0.39 is 11.3 Å².